The summed E-state index contributed by atoms with van der Waals surface area (Å²) in [4.78, 5) is 0. The molecule has 0 aromatic heterocycles. The van der Waals surface area contributed by atoms with Crippen LogP contribution in [0.4, 0.5) is 5.69 Å². The molecular formula is C18H24N2O. The zero-order chi connectivity index (χ0) is 14.8. The lowest BCUT2D eigenvalue weighted by Crippen LogP contribution is -2.38. The zero-order valence-corrected chi connectivity index (χ0v) is 12.5. The van der Waals surface area contributed by atoms with Gasteiger partial charge in [-0.05, 0) is 55.4 Å². The van der Waals surface area contributed by atoms with E-state index in [1.807, 2.05) is 18.2 Å². The third-order valence-corrected chi connectivity index (χ3v) is 4.75. The molecule has 4 N–H and O–H groups in total. The van der Waals surface area contributed by atoms with Crippen LogP contribution in [0.2, 0.25) is 0 Å². The van der Waals surface area contributed by atoms with E-state index in [9.17, 15) is 5.11 Å². The van der Waals surface area contributed by atoms with Crippen LogP contribution in [0.3, 0.4) is 0 Å². The van der Waals surface area contributed by atoms with Crippen molar-refractivity contribution in [1.29, 1.82) is 0 Å². The molecule has 21 heavy (non-hydrogen) atoms. The van der Waals surface area contributed by atoms with Crippen molar-refractivity contribution >= 4 is 11.8 Å². The highest BCUT2D eigenvalue weighted by atomic mass is 16.3. The van der Waals surface area contributed by atoms with E-state index >= 15 is 0 Å². The summed E-state index contributed by atoms with van der Waals surface area (Å²) in [7, 11) is 0. The lowest BCUT2D eigenvalue weighted by molar-refractivity contribution is 0.263. The third kappa shape index (κ3) is 2.98. The second kappa shape index (κ2) is 5.94. The van der Waals surface area contributed by atoms with Gasteiger partial charge in [-0.25, -0.2) is 0 Å². The molecule has 2 aliphatic rings. The highest BCUT2D eigenvalue weighted by Crippen LogP contribution is 2.34. The summed E-state index contributed by atoms with van der Waals surface area (Å²) in [6, 6.07) is 6.75. The van der Waals surface area contributed by atoms with Gasteiger partial charge in [0.2, 0.25) is 0 Å². The number of aliphatic hydroxyl groups excluding tert-OH is 1. The Morgan fingerprint density at radius 3 is 3.05 bits per heavy atom. The average Bonchev–Trinajstić information content (AvgIpc) is 2.47. The van der Waals surface area contributed by atoms with Crippen LogP contribution in [-0.2, 0) is 0 Å². The van der Waals surface area contributed by atoms with Crippen molar-refractivity contribution in [2.24, 2.45) is 5.92 Å². The highest BCUT2D eigenvalue weighted by molar-refractivity contribution is 5.66. The van der Waals surface area contributed by atoms with E-state index in [0.717, 1.165) is 31.4 Å². The number of nitrogens with two attached hydrogens (primary N) is 1. The van der Waals surface area contributed by atoms with Crippen LogP contribution in [0, 0.1) is 5.92 Å². The predicted molar refractivity (Wildman–Crippen MR) is 87.9 cm³/mol. The van der Waals surface area contributed by atoms with Crippen molar-refractivity contribution in [3.8, 4) is 0 Å². The Morgan fingerprint density at radius 2 is 2.24 bits per heavy atom. The molecule has 0 heterocycles. The molecule has 0 spiro atoms. The minimum atomic E-state index is 0.272. The van der Waals surface area contributed by atoms with Crippen molar-refractivity contribution < 1.29 is 5.11 Å². The molecule has 0 amide bonds. The number of anilines is 1. The average molecular weight is 284 g/mol. The summed E-state index contributed by atoms with van der Waals surface area (Å²) in [5.74, 6) is 1.04. The topological polar surface area (TPSA) is 58.3 Å². The lowest BCUT2D eigenvalue weighted by atomic mass is 9.85. The molecule has 1 aromatic carbocycles. The van der Waals surface area contributed by atoms with Gasteiger partial charge in [0.15, 0.2) is 0 Å². The Hall–Kier alpha value is -1.74. The molecule has 3 rings (SSSR count). The number of allylic oxidation sites excluding steroid dienone is 2. The van der Waals surface area contributed by atoms with E-state index in [4.69, 9.17) is 5.73 Å². The first-order chi connectivity index (χ1) is 10.1. The number of fused-ring (bicyclic) bond motifs is 1. The maximum atomic E-state index is 9.74. The van der Waals surface area contributed by atoms with Crippen LogP contribution in [-0.4, -0.2) is 11.1 Å². The maximum absolute atomic E-state index is 9.74. The fourth-order valence-corrected chi connectivity index (χ4v) is 3.55. The third-order valence-electron chi connectivity index (χ3n) is 4.75. The van der Waals surface area contributed by atoms with Crippen LogP contribution >= 0.6 is 0 Å². The molecule has 3 heteroatoms. The van der Waals surface area contributed by atoms with E-state index in [2.05, 4.69) is 30.5 Å². The van der Waals surface area contributed by atoms with E-state index in [0.29, 0.717) is 17.7 Å². The smallest absolute Gasteiger partial charge is 0.0886 e. The SMILES string of the molecule is CC(NC1CC=Cc2cccc(N)c21)C1CCC=C(O)C1. The van der Waals surface area contributed by atoms with Gasteiger partial charge < -0.3 is 16.2 Å². The summed E-state index contributed by atoms with van der Waals surface area (Å²) in [6.07, 6.45) is 10.2. The van der Waals surface area contributed by atoms with Gasteiger partial charge >= 0.3 is 0 Å². The predicted octanol–water partition coefficient (Wildman–Crippen LogP) is 3.95. The van der Waals surface area contributed by atoms with Crippen LogP contribution in [0.1, 0.15) is 49.8 Å². The fourth-order valence-electron chi connectivity index (χ4n) is 3.55. The van der Waals surface area contributed by atoms with Crippen LogP contribution in [0.25, 0.3) is 6.08 Å². The first kappa shape index (κ1) is 14.2. The summed E-state index contributed by atoms with van der Waals surface area (Å²) >= 11 is 0. The molecule has 0 aliphatic heterocycles. The molecule has 3 atom stereocenters. The van der Waals surface area contributed by atoms with E-state index in [-0.39, 0.29) is 6.04 Å². The second-order valence-electron chi connectivity index (χ2n) is 6.23. The van der Waals surface area contributed by atoms with Crippen molar-refractivity contribution in [2.75, 3.05) is 5.73 Å². The Morgan fingerprint density at radius 1 is 1.38 bits per heavy atom. The highest BCUT2D eigenvalue weighted by Gasteiger charge is 2.26. The second-order valence-corrected chi connectivity index (χ2v) is 6.23. The van der Waals surface area contributed by atoms with Crippen LogP contribution in [0.5, 0.6) is 0 Å². The molecule has 0 radical (unpaired) electrons. The largest absolute Gasteiger partial charge is 0.513 e. The standard InChI is InChI=1S/C18H24N2O/c1-12(14-7-2-8-15(21)11-14)20-17-10-4-6-13-5-3-9-16(19)18(13)17/h3-6,8-9,12,14,17,20-21H,2,7,10-11,19H2,1H3. The molecule has 112 valence electrons. The number of benzene rings is 1. The van der Waals surface area contributed by atoms with Gasteiger partial charge in [0.1, 0.15) is 0 Å². The Kier molecular flexibility index (Phi) is 4.02. The molecule has 0 fully saturated rings. The number of hydrogen-bond acceptors (Lipinski definition) is 3. The van der Waals surface area contributed by atoms with Gasteiger partial charge in [0.25, 0.3) is 0 Å². The van der Waals surface area contributed by atoms with Crippen LogP contribution < -0.4 is 11.1 Å². The molecule has 0 saturated heterocycles. The molecule has 0 bridgehead atoms. The van der Waals surface area contributed by atoms with E-state index < -0.39 is 0 Å². The summed E-state index contributed by atoms with van der Waals surface area (Å²) < 4.78 is 0. The molecular weight excluding hydrogens is 260 g/mol. The Balaban J connectivity index is 1.74. The quantitative estimate of drug-likeness (QED) is 0.737. The van der Waals surface area contributed by atoms with Gasteiger partial charge in [-0.2, -0.15) is 0 Å². The lowest BCUT2D eigenvalue weighted by Gasteiger charge is -2.33. The first-order valence-corrected chi connectivity index (χ1v) is 7.84. The Bertz CT molecular complexity index is 577. The molecule has 2 aliphatic carbocycles. The maximum Gasteiger partial charge on any atom is 0.0886 e. The number of hydrogen-bond donors (Lipinski definition) is 3. The minimum absolute atomic E-state index is 0.272. The molecule has 1 aromatic rings. The fraction of sp³-hybridized carbons (Fsp3) is 0.444. The summed E-state index contributed by atoms with van der Waals surface area (Å²) in [5.41, 5.74) is 9.50. The number of nitrogens with one attached hydrogen (secondary N) is 1. The number of aliphatic hydroxyl groups is 1. The van der Waals surface area contributed by atoms with E-state index in [1.54, 1.807) is 0 Å². The van der Waals surface area contributed by atoms with Crippen molar-refractivity contribution in [2.45, 2.75) is 44.7 Å². The van der Waals surface area contributed by atoms with Gasteiger partial charge in [-0.1, -0.05) is 24.3 Å². The monoisotopic (exact) mass is 284 g/mol. The van der Waals surface area contributed by atoms with E-state index in [1.165, 1.54) is 11.1 Å². The van der Waals surface area contributed by atoms with Crippen LogP contribution in [0.15, 0.2) is 36.1 Å². The Labute approximate surface area is 126 Å². The van der Waals surface area contributed by atoms with Crippen molar-refractivity contribution in [3.63, 3.8) is 0 Å². The van der Waals surface area contributed by atoms with Crippen molar-refractivity contribution in [3.05, 3.63) is 47.2 Å². The molecule has 3 unspecified atom stereocenters. The minimum Gasteiger partial charge on any atom is -0.513 e. The van der Waals surface area contributed by atoms with Gasteiger partial charge in [-0.3, -0.25) is 0 Å². The molecule has 0 saturated carbocycles. The summed E-state index contributed by atoms with van der Waals surface area (Å²) in [5, 5.41) is 13.5. The van der Waals surface area contributed by atoms with Gasteiger partial charge in [0, 0.05) is 24.2 Å². The van der Waals surface area contributed by atoms with Gasteiger partial charge in [0.05, 0.1) is 5.76 Å². The summed E-state index contributed by atoms with van der Waals surface area (Å²) in [6.45, 7) is 2.22. The number of rotatable bonds is 3. The first-order valence-electron chi connectivity index (χ1n) is 7.84. The zero-order valence-electron chi connectivity index (χ0n) is 12.5. The normalized spacial score (nSPS) is 26.0. The van der Waals surface area contributed by atoms with Crippen molar-refractivity contribution in [1.82, 2.24) is 5.32 Å². The molecule has 3 nitrogen and oxygen atoms in total. The number of nitrogen functional groups attached to an aromatic ring is 1. The van der Waals surface area contributed by atoms with Gasteiger partial charge in [-0.15, -0.1) is 0 Å².